The third kappa shape index (κ3) is 3.32. The third-order valence-corrected chi connectivity index (χ3v) is 4.17. The van der Waals surface area contributed by atoms with Crippen molar-refractivity contribution in [1.82, 2.24) is 9.97 Å². The Labute approximate surface area is 139 Å². The molecule has 0 aliphatic carbocycles. The highest BCUT2D eigenvalue weighted by atomic mass is 79.9. The Morgan fingerprint density at radius 3 is 2.45 bits per heavy atom. The van der Waals surface area contributed by atoms with Gasteiger partial charge in [-0.1, -0.05) is 15.9 Å². The third-order valence-electron chi connectivity index (χ3n) is 3.68. The van der Waals surface area contributed by atoms with Gasteiger partial charge in [-0.15, -0.1) is 0 Å². The van der Waals surface area contributed by atoms with E-state index in [0.29, 0.717) is 6.61 Å². The molecule has 0 unspecified atom stereocenters. The lowest BCUT2D eigenvalue weighted by atomic mass is 10.2. The molecule has 0 N–H and O–H groups in total. The van der Waals surface area contributed by atoms with Crippen molar-refractivity contribution < 1.29 is 4.74 Å². The summed E-state index contributed by atoms with van der Waals surface area (Å²) in [5.41, 5.74) is 1.14. The monoisotopic (exact) mass is 362 g/mol. The zero-order chi connectivity index (χ0) is 15.4. The molecular formula is C16H19BrN4O. The van der Waals surface area contributed by atoms with Gasteiger partial charge in [-0.2, -0.15) is 0 Å². The van der Waals surface area contributed by atoms with Gasteiger partial charge in [0.1, 0.15) is 5.75 Å². The molecule has 0 saturated carbocycles. The molecule has 2 heterocycles. The molecule has 3 rings (SSSR count). The van der Waals surface area contributed by atoms with Crippen molar-refractivity contribution in [2.45, 2.75) is 6.92 Å². The molecule has 5 nitrogen and oxygen atoms in total. The fraction of sp³-hybridized carbons (Fsp3) is 0.375. The Bertz CT molecular complexity index is 615. The van der Waals surface area contributed by atoms with Crippen LogP contribution in [0.2, 0.25) is 0 Å². The number of ether oxygens (including phenoxy) is 1. The number of nitrogens with zero attached hydrogens (tertiary/aromatic N) is 4. The molecule has 1 aromatic heterocycles. The van der Waals surface area contributed by atoms with E-state index in [1.165, 1.54) is 0 Å². The molecule has 1 fully saturated rings. The summed E-state index contributed by atoms with van der Waals surface area (Å²) < 4.78 is 6.83. The molecule has 116 valence electrons. The first-order valence-corrected chi connectivity index (χ1v) is 8.26. The van der Waals surface area contributed by atoms with Crippen LogP contribution in [0.4, 0.5) is 11.6 Å². The van der Waals surface area contributed by atoms with Crippen LogP contribution in [0, 0.1) is 0 Å². The van der Waals surface area contributed by atoms with Crippen LogP contribution in [0.15, 0.2) is 41.1 Å². The Kier molecular flexibility index (Phi) is 4.77. The van der Waals surface area contributed by atoms with Crippen LogP contribution in [0.5, 0.6) is 5.75 Å². The molecule has 22 heavy (non-hydrogen) atoms. The normalized spacial score (nSPS) is 15.0. The SMILES string of the molecule is CCOc1ccc(Br)cc1N1CCN(c2ncccn2)CC1. The van der Waals surface area contributed by atoms with Crippen LogP contribution in [0.25, 0.3) is 0 Å². The lowest BCUT2D eigenvalue weighted by molar-refractivity contribution is 0.340. The lowest BCUT2D eigenvalue weighted by Crippen LogP contribution is -2.47. The second kappa shape index (κ2) is 6.96. The second-order valence-corrected chi connectivity index (χ2v) is 5.98. The Morgan fingerprint density at radius 2 is 1.77 bits per heavy atom. The molecule has 1 saturated heterocycles. The molecular weight excluding hydrogens is 344 g/mol. The fourth-order valence-electron chi connectivity index (χ4n) is 2.62. The minimum Gasteiger partial charge on any atom is -0.492 e. The predicted molar refractivity (Wildman–Crippen MR) is 91.8 cm³/mol. The molecule has 1 aliphatic rings. The molecule has 1 aliphatic heterocycles. The average Bonchev–Trinajstić information content (AvgIpc) is 2.58. The zero-order valence-corrected chi connectivity index (χ0v) is 14.2. The minimum absolute atomic E-state index is 0.673. The standard InChI is InChI=1S/C16H19BrN4O/c1-2-22-15-5-4-13(17)12-14(15)20-8-10-21(11-9-20)16-18-6-3-7-19-16/h3-7,12H,2,8-11H2,1H3. The molecule has 1 aromatic carbocycles. The number of aromatic nitrogens is 2. The highest BCUT2D eigenvalue weighted by Crippen LogP contribution is 2.32. The van der Waals surface area contributed by atoms with Crippen molar-refractivity contribution in [1.29, 1.82) is 0 Å². The summed E-state index contributed by atoms with van der Waals surface area (Å²) in [6, 6.07) is 8.01. The summed E-state index contributed by atoms with van der Waals surface area (Å²) in [7, 11) is 0. The van der Waals surface area contributed by atoms with Gasteiger partial charge in [0, 0.05) is 43.0 Å². The maximum Gasteiger partial charge on any atom is 0.225 e. The van der Waals surface area contributed by atoms with E-state index >= 15 is 0 Å². The quantitative estimate of drug-likeness (QED) is 0.836. The van der Waals surface area contributed by atoms with Gasteiger partial charge in [0.2, 0.25) is 5.95 Å². The Morgan fingerprint density at radius 1 is 1.09 bits per heavy atom. The van der Waals surface area contributed by atoms with Gasteiger partial charge in [0.15, 0.2) is 0 Å². The highest BCUT2D eigenvalue weighted by molar-refractivity contribution is 9.10. The van der Waals surface area contributed by atoms with E-state index in [1.54, 1.807) is 12.4 Å². The number of benzene rings is 1. The van der Waals surface area contributed by atoms with Crippen molar-refractivity contribution in [3.8, 4) is 5.75 Å². The molecule has 0 bridgehead atoms. The van der Waals surface area contributed by atoms with Crippen LogP contribution in [0.3, 0.4) is 0 Å². The summed E-state index contributed by atoms with van der Waals surface area (Å²) in [5, 5.41) is 0. The number of anilines is 2. The summed E-state index contributed by atoms with van der Waals surface area (Å²) in [6.07, 6.45) is 3.58. The van der Waals surface area contributed by atoms with E-state index in [2.05, 4.69) is 41.8 Å². The first-order valence-electron chi connectivity index (χ1n) is 7.47. The van der Waals surface area contributed by atoms with Gasteiger partial charge < -0.3 is 14.5 Å². The van der Waals surface area contributed by atoms with Gasteiger partial charge in [-0.05, 0) is 31.2 Å². The van der Waals surface area contributed by atoms with Gasteiger partial charge in [0.25, 0.3) is 0 Å². The van der Waals surface area contributed by atoms with E-state index in [1.807, 2.05) is 25.1 Å². The average molecular weight is 363 g/mol. The number of piperazine rings is 1. The van der Waals surface area contributed by atoms with Gasteiger partial charge in [-0.3, -0.25) is 0 Å². The topological polar surface area (TPSA) is 41.5 Å². The number of halogens is 1. The van der Waals surface area contributed by atoms with Crippen molar-refractivity contribution in [2.75, 3.05) is 42.6 Å². The van der Waals surface area contributed by atoms with Crippen LogP contribution < -0.4 is 14.5 Å². The van der Waals surface area contributed by atoms with Crippen molar-refractivity contribution in [2.24, 2.45) is 0 Å². The van der Waals surface area contributed by atoms with E-state index in [9.17, 15) is 0 Å². The van der Waals surface area contributed by atoms with Crippen LogP contribution in [-0.4, -0.2) is 42.8 Å². The van der Waals surface area contributed by atoms with Crippen LogP contribution in [-0.2, 0) is 0 Å². The second-order valence-electron chi connectivity index (χ2n) is 5.07. The van der Waals surface area contributed by atoms with Gasteiger partial charge in [0.05, 0.1) is 12.3 Å². The molecule has 6 heteroatoms. The maximum atomic E-state index is 5.76. The van der Waals surface area contributed by atoms with E-state index in [0.717, 1.165) is 48.0 Å². The van der Waals surface area contributed by atoms with Crippen molar-refractivity contribution in [3.05, 3.63) is 41.1 Å². The largest absolute Gasteiger partial charge is 0.492 e. The number of hydrogen-bond acceptors (Lipinski definition) is 5. The van der Waals surface area contributed by atoms with Crippen LogP contribution >= 0.6 is 15.9 Å². The molecule has 0 atom stereocenters. The first-order chi connectivity index (χ1) is 10.8. The van der Waals surface area contributed by atoms with Crippen molar-refractivity contribution in [3.63, 3.8) is 0 Å². The van der Waals surface area contributed by atoms with Gasteiger partial charge >= 0.3 is 0 Å². The summed E-state index contributed by atoms with van der Waals surface area (Å²) in [4.78, 5) is 13.2. The van der Waals surface area contributed by atoms with E-state index < -0.39 is 0 Å². The fourth-order valence-corrected chi connectivity index (χ4v) is 2.97. The lowest BCUT2D eigenvalue weighted by Gasteiger charge is -2.36. The van der Waals surface area contributed by atoms with E-state index in [4.69, 9.17) is 4.74 Å². The molecule has 0 amide bonds. The summed E-state index contributed by atoms with van der Waals surface area (Å²) >= 11 is 3.55. The minimum atomic E-state index is 0.673. The van der Waals surface area contributed by atoms with Crippen LogP contribution in [0.1, 0.15) is 6.92 Å². The Balaban J connectivity index is 1.72. The number of rotatable bonds is 4. The smallest absolute Gasteiger partial charge is 0.225 e. The predicted octanol–water partition coefficient (Wildman–Crippen LogP) is 2.96. The van der Waals surface area contributed by atoms with E-state index in [-0.39, 0.29) is 0 Å². The number of hydrogen-bond donors (Lipinski definition) is 0. The van der Waals surface area contributed by atoms with Gasteiger partial charge in [-0.25, -0.2) is 9.97 Å². The molecule has 0 spiro atoms. The maximum absolute atomic E-state index is 5.76. The molecule has 2 aromatic rings. The highest BCUT2D eigenvalue weighted by Gasteiger charge is 2.21. The van der Waals surface area contributed by atoms with Crippen molar-refractivity contribution >= 4 is 27.6 Å². The zero-order valence-electron chi connectivity index (χ0n) is 12.6. The first kappa shape index (κ1) is 15.1. The Hall–Kier alpha value is -1.82. The summed E-state index contributed by atoms with van der Waals surface area (Å²) in [5.74, 6) is 1.75. The summed E-state index contributed by atoms with van der Waals surface area (Å²) in [6.45, 7) is 6.34. The molecule has 0 radical (unpaired) electrons.